The number of likely N-dealkylation sites (N-methyl/N-ethyl adjacent to an activating group) is 1. The van der Waals surface area contributed by atoms with Crippen LogP contribution in [0.5, 0.6) is 0 Å². The number of hydrogen-bond acceptors (Lipinski definition) is 4. The molecule has 0 aromatic heterocycles. The highest BCUT2D eigenvalue weighted by atomic mass is 16.6. The highest BCUT2D eigenvalue weighted by Crippen LogP contribution is 2.24. The zero-order chi connectivity index (χ0) is 17.8. The van der Waals surface area contributed by atoms with Gasteiger partial charge in [-0.05, 0) is 39.5 Å². The minimum atomic E-state index is -0.529. The molecule has 3 N–H and O–H groups in total. The lowest BCUT2D eigenvalue weighted by Crippen LogP contribution is -2.57. The molecule has 0 spiro atoms. The van der Waals surface area contributed by atoms with E-state index < -0.39 is 11.6 Å². The number of nitrogens with zero attached hydrogens (tertiary/aromatic N) is 1. The van der Waals surface area contributed by atoms with Crippen LogP contribution in [0.4, 0.5) is 4.79 Å². The zero-order valence-electron chi connectivity index (χ0n) is 15.4. The number of ether oxygens (including phenoxy) is 1. The first kappa shape index (κ1) is 19.7. The first-order valence-electron chi connectivity index (χ1n) is 8.54. The summed E-state index contributed by atoms with van der Waals surface area (Å²) in [4.78, 5) is 26.2. The van der Waals surface area contributed by atoms with Gasteiger partial charge in [0.05, 0.1) is 12.1 Å². The molecule has 2 unspecified atom stereocenters. The van der Waals surface area contributed by atoms with E-state index in [0.29, 0.717) is 0 Å². The van der Waals surface area contributed by atoms with Crippen molar-refractivity contribution in [3.8, 4) is 0 Å². The summed E-state index contributed by atoms with van der Waals surface area (Å²) >= 11 is 0. The summed E-state index contributed by atoms with van der Waals surface area (Å²) in [6.07, 6.45) is 3.45. The minimum Gasteiger partial charge on any atom is -0.444 e. The van der Waals surface area contributed by atoms with E-state index in [-0.39, 0.29) is 30.0 Å². The molecule has 6 heteroatoms. The second-order valence-electron chi connectivity index (χ2n) is 7.83. The van der Waals surface area contributed by atoms with Gasteiger partial charge in [0.2, 0.25) is 5.91 Å². The predicted octanol–water partition coefficient (Wildman–Crippen LogP) is 2.26. The molecule has 6 nitrogen and oxygen atoms in total. The van der Waals surface area contributed by atoms with Gasteiger partial charge in [0.25, 0.3) is 0 Å². The van der Waals surface area contributed by atoms with Crippen LogP contribution in [0.3, 0.4) is 0 Å². The quantitative estimate of drug-likeness (QED) is 0.829. The maximum absolute atomic E-state index is 12.3. The molecule has 0 aliphatic heterocycles. The molecule has 0 aromatic rings. The van der Waals surface area contributed by atoms with Crippen LogP contribution in [0, 0.1) is 5.92 Å². The van der Waals surface area contributed by atoms with Gasteiger partial charge in [0, 0.05) is 13.1 Å². The van der Waals surface area contributed by atoms with E-state index in [2.05, 4.69) is 5.32 Å². The first-order chi connectivity index (χ1) is 10.5. The highest BCUT2D eigenvalue weighted by molar-refractivity contribution is 5.82. The Morgan fingerprint density at radius 3 is 2.30 bits per heavy atom. The van der Waals surface area contributed by atoms with Gasteiger partial charge < -0.3 is 20.7 Å². The smallest absolute Gasteiger partial charge is 0.410 e. The standard InChI is InChI=1S/C17H33N3O3/c1-11(2)14(18)15(21)19-12-9-7-8-10-13(12)20(6)16(22)23-17(3,4)5/h11-14H,7-10,18H2,1-6H3,(H,19,21)/t12?,13?,14-/m0/s1. The van der Waals surface area contributed by atoms with Gasteiger partial charge in [0.1, 0.15) is 5.60 Å². The van der Waals surface area contributed by atoms with Gasteiger partial charge in [-0.25, -0.2) is 4.79 Å². The number of rotatable bonds is 4. The molecule has 23 heavy (non-hydrogen) atoms. The average Bonchev–Trinajstić information content (AvgIpc) is 2.44. The minimum absolute atomic E-state index is 0.0538. The van der Waals surface area contributed by atoms with E-state index in [4.69, 9.17) is 10.5 Å². The molecule has 0 radical (unpaired) electrons. The third-order valence-corrected chi connectivity index (χ3v) is 4.26. The van der Waals surface area contributed by atoms with Crippen LogP contribution >= 0.6 is 0 Å². The summed E-state index contributed by atoms with van der Waals surface area (Å²) in [7, 11) is 1.74. The fourth-order valence-electron chi connectivity index (χ4n) is 2.79. The number of carbonyl (C=O) groups excluding carboxylic acids is 2. The second-order valence-corrected chi connectivity index (χ2v) is 7.83. The molecule has 0 aromatic carbocycles. The van der Waals surface area contributed by atoms with E-state index in [1.54, 1.807) is 11.9 Å². The van der Waals surface area contributed by atoms with Crippen LogP contribution in [0.15, 0.2) is 0 Å². The summed E-state index contributed by atoms with van der Waals surface area (Å²) in [5.74, 6) is -0.0601. The third-order valence-electron chi connectivity index (χ3n) is 4.26. The maximum Gasteiger partial charge on any atom is 0.410 e. The molecular weight excluding hydrogens is 294 g/mol. The number of carbonyl (C=O) groups is 2. The van der Waals surface area contributed by atoms with E-state index in [9.17, 15) is 9.59 Å². The van der Waals surface area contributed by atoms with E-state index in [0.717, 1.165) is 25.7 Å². The second kappa shape index (κ2) is 7.99. The Kier molecular flexibility index (Phi) is 6.86. The Balaban J connectivity index is 2.74. The van der Waals surface area contributed by atoms with Crippen molar-refractivity contribution >= 4 is 12.0 Å². The van der Waals surface area contributed by atoms with Crippen molar-refractivity contribution in [1.82, 2.24) is 10.2 Å². The molecule has 2 amide bonds. The molecule has 1 aliphatic carbocycles. The van der Waals surface area contributed by atoms with Gasteiger partial charge in [-0.1, -0.05) is 26.7 Å². The molecule has 1 fully saturated rings. The van der Waals surface area contributed by atoms with Crippen LogP contribution in [0.25, 0.3) is 0 Å². The lowest BCUT2D eigenvalue weighted by atomic mass is 9.89. The Morgan fingerprint density at radius 1 is 1.22 bits per heavy atom. The number of amides is 2. The molecule has 1 rings (SSSR count). The molecule has 134 valence electrons. The van der Waals surface area contributed by atoms with E-state index >= 15 is 0 Å². The van der Waals surface area contributed by atoms with Gasteiger partial charge >= 0.3 is 6.09 Å². The number of nitrogens with two attached hydrogens (primary N) is 1. The van der Waals surface area contributed by atoms with Gasteiger partial charge in [0.15, 0.2) is 0 Å². The maximum atomic E-state index is 12.3. The monoisotopic (exact) mass is 327 g/mol. The van der Waals surface area contributed by atoms with Crippen molar-refractivity contribution in [2.24, 2.45) is 11.7 Å². The lowest BCUT2D eigenvalue weighted by molar-refractivity contribution is -0.124. The summed E-state index contributed by atoms with van der Waals surface area (Å²) in [6, 6.07) is -0.648. The third kappa shape index (κ3) is 6.01. The van der Waals surface area contributed by atoms with Crippen LogP contribution in [0.2, 0.25) is 0 Å². The molecule has 0 heterocycles. The number of hydrogen-bond donors (Lipinski definition) is 2. The summed E-state index contributed by atoms with van der Waals surface area (Å²) in [6.45, 7) is 9.40. The molecular formula is C17H33N3O3. The largest absolute Gasteiger partial charge is 0.444 e. The Morgan fingerprint density at radius 2 is 1.78 bits per heavy atom. The average molecular weight is 327 g/mol. The van der Waals surface area contributed by atoms with Crippen molar-refractivity contribution in [1.29, 1.82) is 0 Å². The fraction of sp³-hybridized carbons (Fsp3) is 0.882. The first-order valence-corrected chi connectivity index (χ1v) is 8.54. The molecule has 1 saturated carbocycles. The summed E-state index contributed by atoms with van der Waals surface area (Å²) in [5, 5.41) is 3.04. The van der Waals surface area contributed by atoms with Gasteiger partial charge in [-0.15, -0.1) is 0 Å². The number of nitrogens with one attached hydrogen (secondary N) is 1. The van der Waals surface area contributed by atoms with E-state index in [1.807, 2.05) is 34.6 Å². The molecule has 3 atom stereocenters. The topological polar surface area (TPSA) is 84.7 Å². The van der Waals surface area contributed by atoms with Crippen LogP contribution < -0.4 is 11.1 Å². The predicted molar refractivity (Wildman–Crippen MR) is 91.0 cm³/mol. The Bertz CT molecular complexity index is 418. The van der Waals surface area contributed by atoms with Gasteiger partial charge in [-0.3, -0.25) is 4.79 Å². The van der Waals surface area contributed by atoms with Crippen molar-refractivity contribution in [2.45, 2.75) is 84.0 Å². The van der Waals surface area contributed by atoms with Gasteiger partial charge in [-0.2, -0.15) is 0 Å². The lowest BCUT2D eigenvalue weighted by Gasteiger charge is -2.39. The van der Waals surface area contributed by atoms with Crippen molar-refractivity contribution in [3.05, 3.63) is 0 Å². The van der Waals surface area contributed by atoms with Crippen LogP contribution in [-0.2, 0) is 9.53 Å². The van der Waals surface area contributed by atoms with Crippen LogP contribution in [0.1, 0.15) is 60.3 Å². The molecule has 0 saturated heterocycles. The van der Waals surface area contributed by atoms with E-state index in [1.165, 1.54) is 0 Å². The normalized spacial score (nSPS) is 23.3. The van der Waals surface area contributed by atoms with Crippen LogP contribution in [-0.4, -0.2) is 47.7 Å². The Hall–Kier alpha value is -1.30. The summed E-state index contributed by atoms with van der Waals surface area (Å²) in [5.41, 5.74) is 5.40. The molecule has 0 bridgehead atoms. The van der Waals surface area contributed by atoms with Crippen molar-refractivity contribution in [3.63, 3.8) is 0 Å². The fourth-order valence-corrected chi connectivity index (χ4v) is 2.79. The van der Waals surface area contributed by atoms with Crippen molar-refractivity contribution < 1.29 is 14.3 Å². The SMILES string of the molecule is CC(C)[C@H](N)C(=O)NC1CCCCC1N(C)C(=O)OC(C)(C)C. The highest BCUT2D eigenvalue weighted by Gasteiger charge is 2.34. The molecule has 1 aliphatic rings. The summed E-state index contributed by atoms with van der Waals surface area (Å²) < 4.78 is 5.44. The Labute approximate surface area is 140 Å². The van der Waals surface area contributed by atoms with Crippen molar-refractivity contribution in [2.75, 3.05) is 7.05 Å². The zero-order valence-corrected chi connectivity index (χ0v) is 15.4.